The number of ether oxygens (including phenoxy) is 3. The van der Waals surface area contributed by atoms with Crippen LogP contribution < -0.4 is 19.5 Å². The van der Waals surface area contributed by atoms with Crippen LogP contribution in [0, 0.1) is 0 Å². The molecule has 1 unspecified atom stereocenters. The van der Waals surface area contributed by atoms with Crippen molar-refractivity contribution in [2.24, 2.45) is 0 Å². The summed E-state index contributed by atoms with van der Waals surface area (Å²) in [7, 11) is 1.26. The van der Waals surface area contributed by atoms with Crippen LogP contribution in [-0.2, 0) is 0 Å². The van der Waals surface area contributed by atoms with E-state index in [1.165, 1.54) is 37.4 Å². The number of benzene rings is 2. The second-order valence-corrected chi connectivity index (χ2v) is 5.39. The minimum absolute atomic E-state index is 0.00614. The lowest BCUT2D eigenvalue weighted by atomic mass is 10.1. The highest BCUT2D eigenvalue weighted by Crippen LogP contribution is 2.29. The average molecular weight is 387 g/mol. The molecule has 0 aromatic heterocycles. The van der Waals surface area contributed by atoms with Gasteiger partial charge in [0.15, 0.2) is 11.5 Å². The molecule has 0 aliphatic rings. The van der Waals surface area contributed by atoms with E-state index in [9.17, 15) is 22.4 Å². The maximum Gasteiger partial charge on any atom is 0.387 e. The lowest BCUT2D eigenvalue weighted by Gasteiger charge is -2.16. The summed E-state index contributed by atoms with van der Waals surface area (Å²) in [6, 6.07) is 9.18. The van der Waals surface area contributed by atoms with Crippen LogP contribution in [0.25, 0.3) is 0 Å². The molecule has 0 radical (unpaired) electrons. The number of carbonyl (C=O) groups excluding carboxylic acids is 1. The molecule has 1 amide bonds. The van der Waals surface area contributed by atoms with Crippen LogP contribution >= 0.6 is 0 Å². The van der Waals surface area contributed by atoms with Crippen LogP contribution in [0.1, 0.15) is 28.9 Å². The second kappa shape index (κ2) is 9.11. The monoisotopic (exact) mass is 387 g/mol. The lowest BCUT2D eigenvalue weighted by molar-refractivity contribution is -0.0514. The van der Waals surface area contributed by atoms with Gasteiger partial charge in [0.25, 0.3) is 5.91 Å². The average Bonchev–Trinajstić information content (AvgIpc) is 2.61. The minimum Gasteiger partial charge on any atom is -0.493 e. The highest BCUT2D eigenvalue weighted by molar-refractivity contribution is 5.95. The van der Waals surface area contributed by atoms with Crippen LogP contribution in [-0.4, -0.2) is 26.2 Å². The van der Waals surface area contributed by atoms with Crippen molar-refractivity contribution >= 4 is 5.91 Å². The lowest BCUT2D eigenvalue weighted by Crippen LogP contribution is -2.26. The number of halogens is 4. The zero-order valence-corrected chi connectivity index (χ0v) is 14.4. The summed E-state index contributed by atoms with van der Waals surface area (Å²) in [5, 5.41) is 2.71. The van der Waals surface area contributed by atoms with E-state index in [2.05, 4.69) is 14.8 Å². The van der Waals surface area contributed by atoms with Gasteiger partial charge in [0.1, 0.15) is 5.75 Å². The van der Waals surface area contributed by atoms with E-state index < -0.39 is 25.2 Å². The Labute approximate surface area is 152 Å². The smallest absolute Gasteiger partial charge is 0.387 e. The summed E-state index contributed by atoms with van der Waals surface area (Å²) in [6.45, 7) is -4.23. The summed E-state index contributed by atoms with van der Waals surface area (Å²) in [5.74, 6) is -0.667. The minimum atomic E-state index is -3.02. The molecule has 2 aromatic carbocycles. The predicted molar refractivity (Wildman–Crippen MR) is 88.6 cm³/mol. The predicted octanol–water partition coefficient (Wildman–Crippen LogP) is 4.39. The molecule has 0 aliphatic carbocycles. The number of amides is 1. The van der Waals surface area contributed by atoms with E-state index in [0.717, 1.165) is 0 Å². The summed E-state index contributed by atoms with van der Waals surface area (Å²) >= 11 is 0. The summed E-state index contributed by atoms with van der Waals surface area (Å²) < 4.78 is 62.5. The highest BCUT2D eigenvalue weighted by atomic mass is 19.3. The molecule has 2 aromatic rings. The Morgan fingerprint density at radius 3 is 2.11 bits per heavy atom. The van der Waals surface area contributed by atoms with Crippen LogP contribution in [0.4, 0.5) is 17.6 Å². The number of alkyl halides is 4. The van der Waals surface area contributed by atoms with Crippen molar-refractivity contribution in [3.63, 3.8) is 0 Å². The van der Waals surface area contributed by atoms with Crippen molar-refractivity contribution in [2.45, 2.75) is 26.2 Å². The quantitative estimate of drug-likeness (QED) is 0.683. The molecule has 5 nitrogen and oxygen atoms in total. The molecule has 0 saturated carbocycles. The van der Waals surface area contributed by atoms with Crippen molar-refractivity contribution in [3.8, 4) is 17.2 Å². The van der Waals surface area contributed by atoms with Gasteiger partial charge in [-0.3, -0.25) is 4.79 Å². The fourth-order valence-electron chi connectivity index (χ4n) is 2.30. The number of hydrogen-bond donors (Lipinski definition) is 1. The van der Waals surface area contributed by atoms with Gasteiger partial charge in [0, 0.05) is 5.56 Å². The molecule has 0 aliphatic heterocycles. The zero-order valence-electron chi connectivity index (χ0n) is 14.4. The Bertz CT molecular complexity index is 768. The molecule has 0 heterocycles. The van der Waals surface area contributed by atoms with E-state index in [4.69, 9.17) is 4.74 Å². The first-order chi connectivity index (χ1) is 12.8. The molecule has 1 atom stereocenters. The maximum atomic E-state index is 12.4. The van der Waals surface area contributed by atoms with Gasteiger partial charge >= 0.3 is 13.2 Å². The third-order valence-corrected chi connectivity index (χ3v) is 3.59. The molecule has 0 fully saturated rings. The van der Waals surface area contributed by atoms with E-state index >= 15 is 0 Å². The Hall–Kier alpha value is -2.97. The molecule has 0 spiro atoms. The standard InChI is InChI=1S/C18H17F4NO4/c1-10(11-3-6-13(7-4-11)26-17(19)20)23-16(24)12-5-8-14(27-18(21)22)15(9-12)25-2/h3-10,17-18H,1-2H3,(H,23,24). The molecule has 0 saturated heterocycles. The Morgan fingerprint density at radius 1 is 0.926 bits per heavy atom. The van der Waals surface area contributed by atoms with Crippen molar-refractivity contribution in [1.82, 2.24) is 5.32 Å². The van der Waals surface area contributed by atoms with Gasteiger partial charge in [-0.25, -0.2) is 0 Å². The zero-order chi connectivity index (χ0) is 20.0. The summed E-state index contributed by atoms with van der Waals surface area (Å²) in [5.41, 5.74) is 0.840. The van der Waals surface area contributed by atoms with Crippen LogP contribution in [0.2, 0.25) is 0 Å². The summed E-state index contributed by atoms with van der Waals surface area (Å²) in [4.78, 5) is 12.4. The normalized spacial score (nSPS) is 12.0. The molecule has 0 bridgehead atoms. The van der Waals surface area contributed by atoms with Crippen LogP contribution in [0.15, 0.2) is 42.5 Å². The Morgan fingerprint density at radius 2 is 1.56 bits per heavy atom. The maximum absolute atomic E-state index is 12.4. The van der Waals surface area contributed by atoms with Gasteiger partial charge in [-0.1, -0.05) is 12.1 Å². The van der Waals surface area contributed by atoms with Gasteiger partial charge in [0.2, 0.25) is 0 Å². The van der Waals surface area contributed by atoms with E-state index in [1.54, 1.807) is 19.1 Å². The van der Waals surface area contributed by atoms with Crippen LogP contribution in [0.5, 0.6) is 17.2 Å². The fraction of sp³-hybridized carbons (Fsp3) is 0.278. The highest BCUT2D eigenvalue weighted by Gasteiger charge is 2.16. The molecule has 146 valence electrons. The van der Waals surface area contributed by atoms with Crippen molar-refractivity contribution in [2.75, 3.05) is 7.11 Å². The number of rotatable bonds is 8. The molecule has 1 N–H and O–H groups in total. The van der Waals surface area contributed by atoms with E-state index in [0.29, 0.717) is 5.56 Å². The van der Waals surface area contributed by atoms with Gasteiger partial charge in [0.05, 0.1) is 13.2 Å². The Kier molecular flexibility index (Phi) is 6.86. The molecular formula is C18H17F4NO4. The first-order valence-corrected chi connectivity index (χ1v) is 7.78. The topological polar surface area (TPSA) is 56.8 Å². The van der Waals surface area contributed by atoms with Gasteiger partial charge in [-0.2, -0.15) is 17.6 Å². The molecule has 2 rings (SSSR count). The first kappa shape index (κ1) is 20.3. The van der Waals surface area contributed by atoms with Gasteiger partial charge in [-0.15, -0.1) is 0 Å². The first-order valence-electron chi connectivity index (χ1n) is 7.78. The molecule has 9 heteroatoms. The number of carbonyl (C=O) groups is 1. The van der Waals surface area contributed by atoms with Gasteiger partial charge in [-0.05, 0) is 42.8 Å². The van der Waals surface area contributed by atoms with Gasteiger partial charge < -0.3 is 19.5 Å². The third-order valence-electron chi connectivity index (χ3n) is 3.59. The van der Waals surface area contributed by atoms with E-state index in [1.807, 2.05) is 0 Å². The third kappa shape index (κ3) is 5.77. The van der Waals surface area contributed by atoms with E-state index in [-0.39, 0.29) is 22.8 Å². The Balaban J connectivity index is 2.07. The largest absolute Gasteiger partial charge is 0.493 e. The fourth-order valence-corrected chi connectivity index (χ4v) is 2.30. The van der Waals surface area contributed by atoms with Crippen molar-refractivity contribution in [1.29, 1.82) is 0 Å². The van der Waals surface area contributed by atoms with Crippen molar-refractivity contribution < 1.29 is 36.6 Å². The molecule has 27 heavy (non-hydrogen) atoms. The number of hydrogen-bond acceptors (Lipinski definition) is 4. The SMILES string of the molecule is COc1cc(C(=O)NC(C)c2ccc(OC(F)F)cc2)ccc1OC(F)F. The van der Waals surface area contributed by atoms with Crippen molar-refractivity contribution in [3.05, 3.63) is 53.6 Å². The second-order valence-electron chi connectivity index (χ2n) is 5.39. The molecular weight excluding hydrogens is 370 g/mol. The number of nitrogens with one attached hydrogen (secondary N) is 1. The summed E-state index contributed by atoms with van der Waals surface area (Å²) in [6.07, 6.45) is 0. The van der Waals surface area contributed by atoms with Crippen LogP contribution in [0.3, 0.4) is 0 Å². The number of methoxy groups -OCH3 is 1.